The van der Waals surface area contributed by atoms with Gasteiger partial charge in [0.25, 0.3) is 0 Å². The van der Waals surface area contributed by atoms with Crippen molar-refractivity contribution in [1.82, 2.24) is 5.32 Å². The summed E-state index contributed by atoms with van der Waals surface area (Å²) >= 11 is 0. The first kappa shape index (κ1) is 83.1. The Morgan fingerprint density at radius 1 is 0.318 bits per heavy atom. The minimum Gasteiger partial charge on any atom is -0.466 e. The number of unbranched alkanes of at least 4 members (excludes halogenated alkanes) is 58. The summed E-state index contributed by atoms with van der Waals surface area (Å²) in [6.45, 7) is 4.95. The smallest absolute Gasteiger partial charge is 0.305 e. The molecule has 0 saturated heterocycles. The molecule has 0 heterocycles. The van der Waals surface area contributed by atoms with Crippen LogP contribution in [0.15, 0.2) is 36.5 Å². The topological polar surface area (TPSA) is 95.9 Å². The molecule has 6 nitrogen and oxygen atoms in total. The van der Waals surface area contributed by atoms with Gasteiger partial charge in [-0.2, -0.15) is 0 Å². The molecule has 6 heteroatoms. The van der Waals surface area contributed by atoms with E-state index in [2.05, 4.69) is 43.5 Å². The van der Waals surface area contributed by atoms with Gasteiger partial charge in [-0.05, 0) is 83.5 Å². The highest BCUT2D eigenvalue weighted by atomic mass is 16.5. The van der Waals surface area contributed by atoms with Crippen LogP contribution in [0.4, 0.5) is 0 Å². The van der Waals surface area contributed by atoms with Crippen LogP contribution in [0.1, 0.15) is 431 Å². The molecule has 0 spiro atoms. The number of hydrogen-bond donors (Lipinski definition) is 3. The first-order valence-electron chi connectivity index (χ1n) is 38.8. The van der Waals surface area contributed by atoms with Gasteiger partial charge in [0.2, 0.25) is 5.91 Å². The predicted molar refractivity (Wildman–Crippen MR) is 375 cm³/mol. The molecule has 0 aliphatic carbocycles. The Balaban J connectivity index is 3.39. The van der Waals surface area contributed by atoms with E-state index in [9.17, 15) is 19.8 Å². The van der Waals surface area contributed by atoms with Gasteiger partial charge in [-0.3, -0.25) is 9.59 Å². The fourth-order valence-corrected chi connectivity index (χ4v) is 12.2. The standard InChI is InChI=1S/C79H151NO5/c1-3-5-7-9-11-13-15-17-19-21-23-24-33-36-39-43-47-51-55-59-63-67-71-77(82)76(75-81)80-78(83)72-68-64-60-56-52-48-44-40-37-34-31-29-27-25-26-28-30-32-35-38-42-46-50-54-58-62-66-70-74-85-79(84)73-69-65-61-57-53-49-45-41-22-20-18-16-14-12-10-8-6-4-2/h20,22,25-26,67,71,76-77,81-82H,3-19,21,23-24,27-66,68-70,72-75H2,1-2H3,(H,80,83)/b22-20-,26-25-,71-67+. The molecular weight excluding hydrogens is 1040 g/mol. The summed E-state index contributed by atoms with van der Waals surface area (Å²) in [6.07, 6.45) is 96.8. The van der Waals surface area contributed by atoms with E-state index in [0.717, 1.165) is 44.9 Å². The third-order valence-corrected chi connectivity index (χ3v) is 18.1. The second kappa shape index (κ2) is 74.5. The Morgan fingerprint density at radius 3 is 0.835 bits per heavy atom. The van der Waals surface area contributed by atoms with Crippen LogP contribution in [0.3, 0.4) is 0 Å². The van der Waals surface area contributed by atoms with Crippen molar-refractivity contribution >= 4 is 11.9 Å². The van der Waals surface area contributed by atoms with Crippen molar-refractivity contribution in [3.63, 3.8) is 0 Å². The number of carbonyl (C=O) groups is 2. The molecule has 2 atom stereocenters. The van der Waals surface area contributed by atoms with Gasteiger partial charge in [0.1, 0.15) is 0 Å². The average Bonchev–Trinajstić information content (AvgIpc) is 3.51. The molecule has 0 saturated carbocycles. The number of rotatable bonds is 73. The first-order valence-corrected chi connectivity index (χ1v) is 38.8. The molecule has 85 heavy (non-hydrogen) atoms. The van der Waals surface area contributed by atoms with Crippen LogP contribution in [-0.4, -0.2) is 47.4 Å². The molecular formula is C79H151NO5. The van der Waals surface area contributed by atoms with Gasteiger partial charge in [-0.15, -0.1) is 0 Å². The van der Waals surface area contributed by atoms with Crippen LogP contribution in [-0.2, 0) is 14.3 Å². The Hall–Kier alpha value is -1.92. The lowest BCUT2D eigenvalue weighted by atomic mass is 10.0. The van der Waals surface area contributed by atoms with Crippen molar-refractivity contribution in [2.45, 2.75) is 443 Å². The fourth-order valence-electron chi connectivity index (χ4n) is 12.2. The molecule has 0 aromatic rings. The first-order chi connectivity index (χ1) is 42.0. The Morgan fingerprint density at radius 2 is 0.553 bits per heavy atom. The third kappa shape index (κ3) is 71.0. The fraction of sp³-hybridized carbons (Fsp3) is 0.899. The number of ether oxygens (including phenoxy) is 1. The van der Waals surface area contributed by atoms with Gasteiger partial charge in [-0.25, -0.2) is 0 Å². The molecule has 0 bridgehead atoms. The van der Waals surface area contributed by atoms with Gasteiger partial charge in [-0.1, -0.05) is 371 Å². The largest absolute Gasteiger partial charge is 0.466 e. The lowest BCUT2D eigenvalue weighted by molar-refractivity contribution is -0.143. The summed E-state index contributed by atoms with van der Waals surface area (Å²) in [6, 6.07) is -0.629. The summed E-state index contributed by atoms with van der Waals surface area (Å²) in [5, 5.41) is 23.3. The molecule has 0 fully saturated rings. The van der Waals surface area contributed by atoms with E-state index >= 15 is 0 Å². The Kier molecular flexibility index (Phi) is 72.9. The summed E-state index contributed by atoms with van der Waals surface area (Å²) < 4.78 is 5.51. The molecule has 0 aromatic carbocycles. The van der Waals surface area contributed by atoms with Gasteiger partial charge in [0.05, 0.1) is 25.4 Å². The summed E-state index contributed by atoms with van der Waals surface area (Å²) in [5.41, 5.74) is 0. The van der Waals surface area contributed by atoms with E-state index in [1.165, 1.54) is 360 Å². The molecule has 0 aromatic heterocycles. The zero-order valence-electron chi connectivity index (χ0n) is 57.6. The van der Waals surface area contributed by atoms with E-state index < -0.39 is 12.1 Å². The molecule has 502 valence electrons. The van der Waals surface area contributed by atoms with Crippen molar-refractivity contribution in [3.8, 4) is 0 Å². The summed E-state index contributed by atoms with van der Waals surface area (Å²) in [4.78, 5) is 24.7. The number of aliphatic hydroxyl groups is 2. The van der Waals surface area contributed by atoms with Gasteiger partial charge in [0.15, 0.2) is 0 Å². The van der Waals surface area contributed by atoms with E-state index in [1.54, 1.807) is 6.08 Å². The quantitative estimate of drug-likeness (QED) is 0.0320. The number of carbonyl (C=O) groups excluding carboxylic acids is 2. The van der Waals surface area contributed by atoms with E-state index in [-0.39, 0.29) is 18.5 Å². The van der Waals surface area contributed by atoms with Crippen LogP contribution < -0.4 is 5.32 Å². The maximum atomic E-state index is 12.5. The van der Waals surface area contributed by atoms with E-state index in [4.69, 9.17) is 4.74 Å². The second-order valence-corrected chi connectivity index (χ2v) is 26.7. The number of aliphatic hydroxyl groups excluding tert-OH is 2. The molecule has 0 aliphatic rings. The zero-order valence-corrected chi connectivity index (χ0v) is 57.6. The van der Waals surface area contributed by atoms with E-state index in [1.807, 2.05) is 6.08 Å². The van der Waals surface area contributed by atoms with Gasteiger partial charge >= 0.3 is 5.97 Å². The lowest BCUT2D eigenvalue weighted by Gasteiger charge is -2.20. The number of esters is 1. The molecule has 2 unspecified atom stereocenters. The average molecular weight is 1200 g/mol. The Bertz CT molecular complexity index is 1380. The lowest BCUT2D eigenvalue weighted by Crippen LogP contribution is -2.45. The Labute approximate surface area is 532 Å². The van der Waals surface area contributed by atoms with Crippen LogP contribution in [0.5, 0.6) is 0 Å². The maximum absolute atomic E-state index is 12.5. The summed E-state index contributed by atoms with van der Waals surface area (Å²) in [5.74, 6) is -0.0502. The highest BCUT2D eigenvalue weighted by molar-refractivity contribution is 5.76. The minimum atomic E-state index is -0.846. The number of allylic oxidation sites excluding steroid dienone is 5. The highest BCUT2D eigenvalue weighted by Crippen LogP contribution is 2.19. The molecule has 0 aliphatic heterocycles. The van der Waals surface area contributed by atoms with Crippen LogP contribution in [0, 0.1) is 0 Å². The summed E-state index contributed by atoms with van der Waals surface area (Å²) in [7, 11) is 0. The van der Waals surface area contributed by atoms with Gasteiger partial charge in [0, 0.05) is 12.8 Å². The van der Waals surface area contributed by atoms with Crippen molar-refractivity contribution in [2.24, 2.45) is 0 Å². The molecule has 1 amide bonds. The molecule has 0 radical (unpaired) electrons. The number of hydrogen-bond acceptors (Lipinski definition) is 5. The predicted octanol–water partition coefficient (Wildman–Crippen LogP) is 25.4. The van der Waals surface area contributed by atoms with Crippen molar-refractivity contribution in [1.29, 1.82) is 0 Å². The zero-order chi connectivity index (χ0) is 61.3. The third-order valence-electron chi connectivity index (χ3n) is 18.1. The SMILES string of the molecule is CCCCCCCCC/C=C\CCCCCCCCCC(=O)OCCCCCCCCCCCCCC/C=C\CCCCCCCCCCCCCCC(=O)NC(CO)C(O)/C=C/CCCCCCCCCCCCCCCCCCCCCC. The monoisotopic (exact) mass is 1190 g/mol. The minimum absolute atomic E-state index is 0.0134. The normalized spacial score (nSPS) is 12.7. The van der Waals surface area contributed by atoms with Crippen LogP contribution in [0.25, 0.3) is 0 Å². The maximum Gasteiger partial charge on any atom is 0.305 e. The number of amides is 1. The molecule has 3 N–H and O–H groups in total. The van der Waals surface area contributed by atoms with Crippen molar-refractivity contribution in [2.75, 3.05) is 13.2 Å². The second-order valence-electron chi connectivity index (χ2n) is 26.7. The van der Waals surface area contributed by atoms with Crippen molar-refractivity contribution < 1.29 is 24.5 Å². The van der Waals surface area contributed by atoms with Crippen LogP contribution >= 0.6 is 0 Å². The van der Waals surface area contributed by atoms with Crippen LogP contribution in [0.2, 0.25) is 0 Å². The highest BCUT2D eigenvalue weighted by Gasteiger charge is 2.18. The van der Waals surface area contributed by atoms with E-state index in [0.29, 0.717) is 19.4 Å². The van der Waals surface area contributed by atoms with Crippen molar-refractivity contribution in [3.05, 3.63) is 36.5 Å². The molecule has 0 rings (SSSR count). The number of nitrogens with one attached hydrogen (secondary N) is 1. The van der Waals surface area contributed by atoms with Gasteiger partial charge < -0.3 is 20.3 Å².